The second kappa shape index (κ2) is 4.51. The van der Waals surface area contributed by atoms with Gasteiger partial charge < -0.3 is 0 Å². The molecule has 1 rings (SSSR count). The van der Waals surface area contributed by atoms with Crippen molar-refractivity contribution in [1.82, 2.24) is 0 Å². The van der Waals surface area contributed by atoms with Crippen molar-refractivity contribution in [2.24, 2.45) is 0 Å². The highest BCUT2D eigenvalue weighted by atomic mass is 35.7. The van der Waals surface area contributed by atoms with Crippen molar-refractivity contribution >= 4 is 31.3 Å². The fourth-order valence-electron chi connectivity index (χ4n) is 1.14. The molecule has 0 bridgehead atoms. The maximum atomic E-state index is 10.7. The van der Waals surface area contributed by atoms with Crippen LogP contribution in [0.4, 0.5) is 0 Å². The molecule has 0 fully saturated rings. The van der Waals surface area contributed by atoms with Crippen LogP contribution in [0.25, 0.3) is 0 Å². The third-order valence-corrected chi connectivity index (χ3v) is 3.32. The summed E-state index contributed by atoms with van der Waals surface area (Å²) < 4.78 is 21.5. The van der Waals surface area contributed by atoms with Crippen LogP contribution >= 0.6 is 22.3 Å². The fraction of sp³-hybridized carbons (Fsp3) is 0.333. The number of rotatable bonds is 3. The van der Waals surface area contributed by atoms with Crippen LogP contribution in [0.2, 0.25) is 5.02 Å². The third kappa shape index (κ3) is 3.86. The predicted molar refractivity (Wildman–Crippen MR) is 59.5 cm³/mol. The number of benzene rings is 1. The smallest absolute Gasteiger partial charge is 0.212 e. The van der Waals surface area contributed by atoms with Gasteiger partial charge in [-0.25, -0.2) is 8.42 Å². The van der Waals surface area contributed by atoms with Crippen LogP contribution in [0.5, 0.6) is 0 Å². The van der Waals surface area contributed by atoms with E-state index >= 15 is 0 Å². The Hall–Kier alpha value is -0.250. The van der Waals surface area contributed by atoms with Gasteiger partial charge in [0.05, 0.1) is 5.75 Å². The van der Waals surface area contributed by atoms with E-state index in [0.717, 1.165) is 11.1 Å². The molecular formula is C9H10Cl2O2S. The molecule has 0 heterocycles. The Morgan fingerprint density at radius 2 is 2.00 bits per heavy atom. The lowest BCUT2D eigenvalue weighted by molar-refractivity contribution is 0.609. The summed E-state index contributed by atoms with van der Waals surface area (Å²) in [6.07, 6.45) is 0.401. The molecule has 0 N–H and O–H groups in total. The highest BCUT2D eigenvalue weighted by Gasteiger charge is 2.07. The molecule has 0 saturated heterocycles. The Morgan fingerprint density at radius 3 is 2.57 bits per heavy atom. The van der Waals surface area contributed by atoms with Crippen molar-refractivity contribution in [3.05, 3.63) is 34.3 Å². The second-order valence-electron chi connectivity index (χ2n) is 3.06. The van der Waals surface area contributed by atoms with Crippen LogP contribution in [0.1, 0.15) is 11.1 Å². The van der Waals surface area contributed by atoms with Gasteiger partial charge in [0, 0.05) is 15.7 Å². The van der Waals surface area contributed by atoms with Crippen LogP contribution in [0.15, 0.2) is 18.2 Å². The summed E-state index contributed by atoms with van der Waals surface area (Å²) in [5.41, 5.74) is 1.94. The zero-order chi connectivity index (χ0) is 10.8. The van der Waals surface area contributed by atoms with Gasteiger partial charge in [0.1, 0.15) is 0 Å². The van der Waals surface area contributed by atoms with Crippen molar-refractivity contribution in [2.45, 2.75) is 13.3 Å². The Bertz CT molecular complexity index is 426. The summed E-state index contributed by atoms with van der Waals surface area (Å²) >= 11 is 5.78. The van der Waals surface area contributed by atoms with E-state index in [2.05, 4.69) is 0 Å². The first-order chi connectivity index (χ1) is 6.38. The lowest BCUT2D eigenvalue weighted by Gasteiger charge is -2.04. The largest absolute Gasteiger partial charge is 0.232 e. The SMILES string of the molecule is Cc1ccc(Cl)cc1CCS(=O)(=O)Cl. The van der Waals surface area contributed by atoms with E-state index in [1.807, 2.05) is 13.0 Å². The number of aryl methyl sites for hydroxylation is 2. The molecule has 14 heavy (non-hydrogen) atoms. The minimum Gasteiger partial charge on any atom is -0.212 e. The second-order valence-corrected chi connectivity index (χ2v) is 6.40. The molecule has 0 aliphatic heterocycles. The van der Waals surface area contributed by atoms with Crippen molar-refractivity contribution in [1.29, 1.82) is 0 Å². The van der Waals surface area contributed by atoms with Gasteiger partial charge in [-0.05, 0) is 36.6 Å². The van der Waals surface area contributed by atoms with Crippen molar-refractivity contribution in [3.8, 4) is 0 Å². The zero-order valence-electron chi connectivity index (χ0n) is 7.63. The Kier molecular flexibility index (Phi) is 3.81. The highest BCUT2D eigenvalue weighted by Crippen LogP contribution is 2.16. The molecule has 5 heteroatoms. The summed E-state index contributed by atoms with van der Waals surface area (Å²) in [5.74, 6) is -0.0598. The monoisotopic (exact) mass is 252 g/mol. The maximum Gasteiger partial charge on any atom is 0.232 e. The first kappa shape index (κ1) is 11.8. The number of hydrogen-bond acceptors (Lipinski definition) is 2. The summed E-state index contributed by atoms with van der Waals surface area (Å²) in [6, 6.07) is 5.40. The van der Waals surface area contributed by atoms with Gasteiger partial charge in [0.2, 0.25) is 9.05 Å². The Balaban J connectivity index is 2.81. The summed E-state index contributed by atoms with van der Waals surface area (Å²) in [4.78, 5) is 0. The highest BCUT2D eigenvalue weighted by molar-refractivity contribution is 8.13. The van der Waals surface area contributed by atoms with Crippen LogP contribution in [-0.2, 0) is 15.5 Å². The lowest BCUT2D eigenvalue weighted by atomic mass is 10.1. The maximum absolute atomic E-state index is 10.7. The minimum atomic E-state index is -3.42. The molecular weight excluding hydrogens is 243 g/mol. The molecule has 2 nitrogen and oxygen atoms in total. The van der Waals surface area contributed by atoms with Gasteiger partial charge >= 0.3 is 0 Å². The lowest BCUT2D eigenvalue weighted by Crippen LogP contribution is -2.02. The molecule has 1 aromatic rings. The van der Waals surface area contributed by atoms with Gasteiger partial charge in [0.25, 0.3) is 0 Å². The van der Waals surface area contributed by atoms with Gasteiger partial charge in [0.15, 0.2) is 0 Å². The quantitative estimate of drug-likeness (QED) is 0.776. The Labute approximate surface area is 93.3 Å². The Morgan fingerprint density at radius 1 is 1.36 bits per heavy atom. The normalized spacial score (nSPS) is 11.6. The van der Waals surface area contributed by atoms with E-state index in [1.54, 1.807) is 12.1 Å². The van der Waals surface area contributed by atoms with Gasteiger partial charge in [-0.2, -0.15) is 0 Å². The molecule has 0 spiro atoms. The molecule has 0 amide bonds. The van der Waals surface area contributed by atoms with Gasteiger partial charge in [-0.1, -0.05) is 17.7 Å². The molecule has 0 unspecified atom stereocenters. The van der Waals surface area contributed by atoms with Crippen molar-refractivity contribution < 1.29 is 8.42 Å². The molecule has 78 valence electrons. The molecule has 0 radical (unpaired) electrons. The standard InChI is InChI=1S/C9H10Cl2O2S/c1-7-2-3-9(10)6-8(7)4-5-14(11,12)13/h2-3,6H,4-5H2,1H3. The van der Waals surface area contributed by atoms with Gasteiger partial charge in [-0.15, -0.1) is 0 Å². The number of halogens is 2. The first-order valence-electron chi connectivity index (χ1n) is 4.06. The van der Waals surface area contributed by atoms with Crippen LogP contribution in [0, 0.1) is 6.92 Å². The minimum absolute atomic E-state index is 0.0598. The van der Waals surface area contributed by atoms with Crippen LogP contribution in [-0.4, -0.2) is 14.2 Å². The van der Waals surface area contributed by atoms with E-state index in [-0.39, 0.29) is 5.75 Å². The van der Waals surface area contributed by atoms with Crippen LogP contribution < -0.4 is 0 Å². The summed E-state index contributed by atoms with van der Waals surface area (Å²) in [5, 5.41) is 0.609. The van der Waals surface area contributed by atoms with Gasteiger partial charge in [-0.3, -0.25) is 0 Å². The number of hydrogen-bond donors (Lipinski definition) is 0. The predicted octanol–water partition coefficient (Wildman–Crippen LogP) is 2.76. The average Bonchev–Trinajstić information content (AvgIpc) is 2.05. The molecule has 0 aromatic heterocycles. The molecule has 1 aromatic carbocycles. The molecule has 0 saturated carbocycles. The van der Waals surface area contributed by atoms with Crippen molar-refractivity contribution in [2.75, 3.05) is 5.75 Å². The van der Waals surface area contributed by atoms with E-state index < -0.39 is 9.05 Å². The third-order valence-electron chi connectivity index (χ3n) is 1.93. The molecule has 0 aliphatic rings. The van der Waals surface area contributed by atoms with E-state index in [9.17, 15) is 8.42 Å². The topological polar surface area (TPSA) is 34.1 Å². The van der Waals surface area contributed by atoms with Crippen LogP contribution in [0.3, 0.4) is 0 Å². The van der Waals surface area contributed by atoms with Crippen molar-refractivity contribution in [3.63, 3.8) is 0 Å². The van der Waals surface area contributed by atoms with E-state index in [0.29, 0.717) is 11.4 Å². The molecule has 0 aliphatic carbocycles. The zero-order valence-corrected chi connectivity index (χ0v) is 9.96. The van der Waals surface area contributed by atoms with E-state index in [1.165, 1.54) is 0 Å². The average molecular weight is 253 g/mol. The molecule has 0 atom stereocenters. The van der Waals surface area contributed by atoms with E-state index in [4.69, 9.17) is 22.3 Å². The fourth-order valence-corrected chi connectivity index (χ4v) is 2.03. The summed E-state index contributed by atoms with van der Waals surface area (Å²) in [6.45, 7) is 1.91. The summed E-state index contributed by atoms with van der Waals surface area (Å²) in [7, 11) is 1.69. The first-order valence-corrected chi connectivity index (χ1v) is 6.91.